The predicted molar refractivity (Wildman–Crippen MR) is 115 cm³/mol. The summed E-state index contributed by atoms with van der Waals surface area (Å²) in [6, 6.07) is 9.27. The Labute approximate surface area is 180 Å². The van der Waals surface area contributed by atoms with E-state index in [0.717, 1.165) is 29.5 Å². The molecule has 0 bridgehead atoms. The number of carbonyl (C=O) groups is 1. The van der Waals surface area contributed by atoms with Crippen LogP contribution in [0.15, 0.2) is 36.5 Å². The second kappa shape index (κ2) is 8.59. The number of methoxy groups -OCH3 is 4. The molecule has 8 heteroatoms. The molecule has 1 aliphatic carbocycles. The molecule has 0 saturated carbocycles. The fraction of sp³-hybridized carbons (Fsp3) is 0.304. The van der Waals surface area contributed by atoms with Gasteiger partial charge in [0, 0.05) is 5.56 Å². The highest BCUT2D eigenvalue weighted by molar-refractivity contribution is 6.00. The molecular weight excluding hydrogens is 398 g/mol. The summed E-state index contributed by atoms with van der Waals surface area (Å²) in [6.45, 7) is 0. The van der Waals surface area contributed by atoms with Gasteiger partial charge in [-0.1, -0.05) is 0 Å². The number of nitrogens with one attached hydrogen (secondary N) is 2. The van der Waals surface area contributed by atoms with Crippen LogP contribution in [-0.4, -0.2) is 44.5 Å². The van der Waals surface area contributed by atoms with Crippen LogP contribution in [0.3, 0.4) is 0 Å². The summed E-state index contributed by atoms with van der Waals surface area (Å²) in [5, 5.41) is 10.2. The van der Waals surface area contributed by atoms with Crippen LogP contribution in [-0.2, 0) is 6.42 Å². The molecule has 0 fully saturated rings. The number of amides is 1. The average molecular weight is 423 g/mol. The fourth-order valence-electron chi connectivity index (χ4n) is 3.99. The number of ether oxygens (including phenoxy) is 4. The minimum atomic E-state index is -0.203. The van der Waals surface area contributed by atoms with Crippen LogP contribution in [0.2, 0.25) is 0 Å². The Morgan fingerprint density at radius 3 is 2.35 bits per heavy atom. The summed E-state index contributed by atoms with van der Waals surface area (Å²) in [6.07, 6.45) is 3.20. The first-order valence-electron chi connectivity index (χ1n) is 9.91. The van der Waals surface area contributed by atoms with E-state index in [1.165, 1.54) is 6.20 Å². The number of H-pyrrole nitrogens is 1. The van der Waals surface area contributed by atoms with Crippen molar-refractivity contribution in [2.45, 2.75) is 18.9 Å². The minimum absolute atomic E-state index is 0.115. The summed E-state index contributed by atoms with van der Waals surface area (Å²) in [5.74, 6) is 2.33. The van der Waals surface area contributed by atoms with Crippen molar-refractivity contribution in [1.82, 2.24) is 15.5 Å². The molecule has 0 saturated heterocycles. The lowest BCUT2D eigenvalue weighted by atomic mass is 10.0. The summed E-state index contributed by atoms with van der Waals surface area (Å²) >= 11 is 0. The smallest absolute Gasteiger partial charge is 0.255 e. The third-order valence-corrected chi connectivity index (χ3v) is 5.58. The van der Waals surface area contributed by atoms with Crippen LogP contribution in [0.25, 0.3) is 11.3 Å². The Hall–Kier alpha value is -3.68. The number of carbonyl (C=O) groups excluding carboxylic acids is 1. The predicted octanol–water partition coefficient (Wildman–Crippen LogP) is 3.53. The van der Waals surface area contributed by atoms with E-state index in [4.69, 9.17) is 18.9 Å². The second-order valence-corrected chi connectivity index (χ2v) is 7.20. The molecule has 0 radical (unpaired) electrons. The number of fused-ring (bicyclic) bond motifs is 1. The van der Waals surface area contributed by atoms with Gasteiger partial charge in [-0.25, -0.2) is 0 Å². The first-order valence-corrected chi connectivity index (χ1v) is 9.91. The van der Waals surface area contributed by atoms with Crippen molar-refractivity contribution in [2.24, 2.45) is 0 Å². The Kier molecular flexibility index (Phi) is 5.70. The monoisotopic (exact) mass is 423 g/mol. The molecule has 1 aliphatic rings. The molecule has 1 heterocycles. The van der Waals surface area contributed by atoms with Crippen molar-refractivity contribution in [1.29, 1.82) is 0 Å². The number of aryl methyl sites for hydroxylation is 1. The van der Waals surface area contributed by atoms with E-state index in [9.17, 15) is 4.79 Å². The molecule has 8 nitrogen and oxygen atoms in total. The number of hydrogen-bond acceptors (Lipinski definition) is 6. The van der Waals surface area contributed by atoms with E-state index in [-0.39, 0.29) is 11.9 Å². The molecule has 162 valence electrons. The quantitative estimate of drug-likeness (QED) is 0.604. The van der Waals surface area contributed by atoms with Crippen LogP contribution in [0.1, 0.15) is 33.9 Å². The van der Waals surface area contributed by atoms with Gasteiger partial charge in [-0.15, -0.1) is 0 Å². The summed E-state index contributed by atoms with van der Waals surface area (Å²) in [4.78, 5) is 13.1. The molecule has 0 unspecified atom stereocenters. The number of aromatic nitrogens is 2. The van der Waals surface area contributed by atoms with Gasteiger partial charge in [0.15, 0.2) is 23.0 Å². The van der Waals surface area contributed by atoms with Gasteiger partial charge in [0.05, 0.1) is 51.9 Å². The fourth-order valence-corrected chi connectivity index (χ4v) is 3.99. The van der Waals surface area contributed by atoms with Crippen LogP contribution in [0.5, 0.6) is 23.0 Å². The van der Waals surface area contributed by atoms with Crippen LogP contribution in [0, 0.1) is 0 Å². The van der Waals surface area contributed by atoms with E-state index in [1.807, 2.05) is 24.3 Å². The second-order valence-electron chi connectivity index (χ2n) is 7.20. The third-order valence-electron chi connectivity index (χ3n) is 5.58. The van der Waals surface area contributed by atoms with Crippen molar-refractivity contribution >= 4 is 5.91 Å². The van der Waals surface area contributed by atoms with Gasteiger partial charge in [-0.3, -0.25) is 9.89 Å². The number of aromatic amines is 1. The van der Waals surface area contributed by atoms with E-state index < -0.39 is 0 Å². The van der Waals surface area contributed by atoms with Crippen LogP contribution in [0.4, 0.5) is 0 Å². The first-order chi connectivity index (χ1) is 15.1. The van der Waals surface area contributed by atoms with Crippen molar-refractivity contribution in [2.75, 3.05) is 28.4 Å². The van der Waals surface area contributed by atoms with Gasteiger partial charge in [0.2, 0.25) is 0 Å². The van der Waals surface area contributed by atoms with Gasteiger partial charge in [-0.2, -0.15) is 5.10 Å². The first kappa shape index (κ1) is 20.6. The van der Waals surface area contributed by atoms with Crippen molar-refractivity contribution in [3.63, 3.8) is 0 Å². The summed E-state index contributed by atoms with van der Waals surface area (Å²) in [7, 11) is 6.38. The largest absolute Gasteiger partial charge is 0.493 e. The van der Waals surface area contributed by atoms with Crippen molar-refractivity contribution in [3.05, 3.63) is 53.2 Å². The highest BCUT2D eigenvalue weighted by atomic mass is 16.5. The molecule has 1 aromatic heterocycles. The molecule has 1 atom stereocenters. The SMILES string of the molecule is COc1ccc(-c2[nH]ncc2C(=O)N[C@H]2CCc3cc(OC)c(OC)cc32)cc1OC. The maximum Gasteiger partial charge on any atom is 0.255 e. The Morgan fingerprint density at radius 2 is 1.65 bits per heavy atom. The van der Waals surface area contributed by atoms with E-state index in [2.05, 4.69) is 15.5 Å². The lowest BCUT2D eigenvalue weighted by Crippen LogP contribution is -2.27. The third kappa shape index (κ3) is 3.76. The molecule has 0 aliphatic heterocycles. The number of hydrogen-bond donors (Lipinski definition) is 2. The normalized spacial score (nSPS) is 14.6. The van der Waals surface area contributed by atoms with Gasteiger partial charge in [-0.05, 0) is 54.3 Å². The maximum atomic E-state index is 13.1. The molecule has 31 heavy (non-hydrogen) atoms. The van der Waals surface area contributed by atoms with Crippen molar-refractivity contribution < 1.29 is 23.7 Å². The topological polar surface area (TPSA) is 94.7 Å². The maximum absolute atomic E-state index is 13.1. The van der Waals surface area contributed by atoms with Gasteiger partial charge < -0.3 is 24.3 Å². The molecule has 2 N–H and O–H groups in total. The number of benzene rings is 2. The zero-order valence-corrected chi connectivity index (χ0v) is 17.9. The van der Waals surface area contributed by atoms with Crippen LogP contribution < -0.4 is 24.3 Å². The van der Waals surface area contributed by atoms with Crippen LogP contribution >= 0.6 is 0 Å². The molecule has 3 aromatic rings. The van der Waals surface area contributed by atoms with E-state index in [0.29, 0.717) is 34.3 Å². The number of nitrogens with zero attached hydrogens (tertiary/aromatic N) is 1. The molecular formula is C23H25N3O5. The Morgan fingerprint density at radius 1 is 0.968 bits per heavy atom. The van der Waals surface area contributed by atoms with Gasteiger partial charge >= 0.3 is 0 Å². The lowest BCUT2D eigenvalue weighted by molar-refractivity contribution is 0.0937. The molecule has 2 aromatic carbocycles. The van der Waals surface area contributed by atoms with Crippen molar-refractivity contribution in [3.8, 4) is 34.3 Å². The van der Waals surface area contributed by atoms with Gasteiger partial charge in [0.1, 0.15) is 0 Å². The minimum Gasteiger partial charge on any atom is -0.493 e. The van der Waals surface area contributed by atoms with E-state index in [1.54, 1.807) is 34.5 Å². The number of rotatable bonds is 7. The van der Waals surface area contributed by atoms with Gasteiger partial charge in [0.25, 0.3) is 5.91 Å². The zero-order chi connectivity index (χ0) is 22.0. The molecule has 1 amide bonds. The summed E-state index contributed by atoms with van der Waals surface area (Å²) < 4.78 is 21.5. The zero-order valence-electron chi connectivity index (χ0n) is 17.9. The Balaban J connectivity index is 1.60. The highest BCUT2D eigenvalue weighted by Gasteiger charge is 2.28. The Bertz CT molecular complexity index is 1110. The molecule has 0 spiro atoms. The lowest BCUT2D eigenvalue weighted by Gasteiger charge is -2.16. The highest BCUT2D eigenvalue weighted by Crippen LogP contribution is 2.39. The standard InChI is InChI=1S/C23H25N3O5/c1-28-18-8-6-14(10-19(18)29-2)22-16(12-24-26-22)23(27)25-17-7-5-13-9-20(30-3)21(31-4)11-15(13)17/h6,8-12,17H,5,7H2,1-4H3,(H,24,26)(H,25,27)/t17-/m0/s1. The molecule has 4 rings (SSSR count). The summed E-state index contributed by atoms with van der Waals surface area (Å²) in [5.41, 5.74) is 4.04. The van der Waals surface area contributed by atoms with E-state index >= 15 is 0 Å². The average Bonchev–Trinajstić information content (AvgIpc) is 3.44.